The Morgan fingerprint density at radius 2 is 2.27 bits per heavy atom. The molecule has 0 radical (unpaired) electrons. The van der Waals surface area contributed by atoms with E-state index < -0.39 is 0 Å². The van der Waals surface area contributed by atoms with Gasteiger partial charge in [0.1, 0.15) is 0 Å². The fourth-order valence-corrected chi connectivity index (χ4v) is 1.54. The predicted octanol–water partition coefficient (Wildman–Crippen LogP) is 2.16. The van der Waals surface area contributed by atoms with E-state index in [2.05, 4.69) is 11.4 Å². The van der Waals surface area contributed by atoms with Crippen molar-refractivity contribution in [2.45, 2.75) is 19.3 Å². The Morgan fingerprint density at radius 3 is 2.93 bits per heavy atom. The maximum atomic E-state index is 8.64. The van der Waals surface area contributed by atoms with Gasteiger partial charge in [-0.05, 0) is 42.5 Å². The number of nitriles is 1. The second kappa shape index (κ2) is 4.22. The SMILES string of the molecule is N#CCc1cc(NCC2CC2)ccc1N. The third-order valence-corrected chi connectivity index (χ3v) is 2.70. The lowest BCUT2D eigenvalue weighted by molar-refractivity contribution is 0.889. The van der Waals surface area contributed by atoms with Gasteiger partial charge in [0.2, 0.25) is 0 Å². The first-order valence-electron chi connectivity index (χ1n) is 5.29. The Labute approximate surface area is 89.9 Å². The zero-order valence-corrected chi connectivity index (χ0v) is 8.66. The predicted molar refractivity (Wildman–Crippen MR) is 61.4 cm³/mol. The highest BCUT2D eigenvalue weighted by Crippen LogP contribution is 2.29. The first-order chi connectivity index (χ1) is 7.29. The van der Waals surface area contributed by atoms with Gasteiger partial charge in [-0.2, -0.15) is 5.26 Å². The van der Waals surface area contributed by atoms with Crippen molar-refractivity contribution in [2.75, 3.05) is 17.6 Å². The van der Waals surface area contributed by atoms with Crippen LogP contribution in [0.2, 0.25) is 0 Å². The molecule has 1 aromatic rings. The monoisotopic (exact) mass is 201 g/mol. The number of benzene rings is 1. The molecule has 0 aliphatic heterocycles. The standard InChI is InChI=1S/C12H15N3/c13-6-5-10-7-11(3-4-12(10)14)15-8-9-1-2-9/h3-4,7,9,15H,1-2,5,8,14H2. The van der Waals surface area contributed by atoms with Crippen molar-refractivity contribution in [1.82, 2.24) is 0 Å². The molecule has 0 aromatic heterocycles. The van der Waals surface area contributed by atoms with E-state index in [1.165, 1.54) is 12.8 Å². The summed E-state index contributed by atoms with van der Waals surface area (Å²) in [6.07, 6.45) is 3.06. The highest BCUT2D eigenvalue weighted by molar-refractivity contribution is 5.58. The highest BCUT2D eigenvalue weighted by atomic mass is 14.9. The van der Waals surface area contributed by atoms with Crippen LogP contribution in [0.15, 0.2) is 18.2 Å². The Balaban J connectivity index is 2.03. The average molecular weight is 201 g/mol. The third kappa shape index (κ3) is 2.63. The summed E-state index contributed by atoms with van der Waals surface area (Å²) in [5.41, 5.74) is 8.45. The molecule has 3 nitrogen and oxygen atoms in total. The fourth-order valence-electron chi connectivity index (χ4n) is 1.54. The van der Waals surface area contributed by atoms with Crippen LogP contribution in [0.1, 0.15) is 18.4 Å². The number of nitrogens with one attached hydrogen (secondary N) is 1. The maximum Gasteiger partial charge on any atom is 0.0670 e. The van der Waals surface area contributed by atoms with Crippen molar-refractivity contribution in [3.8, 4) is 6.07 Å². The second-order valence-electron chi connectivity index (χ2n) is 4.07. The van der Waals surface area contributed by atoms with Crippen LogP contribution in [-0.4, -0.2) is 6.54 Å². The third-order valence-electron chi connectivity index (χ3n) is 2.70. The minimum absolute atomic E-state index is 0.380. The topological polar surface area (TPSA) is 61.8 Å². The van der Waals surface area contributed by atoms with Gasteiger partial charge in [0.15, 0.2) is 0 Å². The van der Waals surface area contributed by atoms with Gasteiger partial charge in [-0.1, -0.05) is 0 Å². The second-order valence-corrected chi connectivity index (χ2v) is 4.07. The van der Waals surface area contributed by atoms with Crippen LogP contribution < -0.4 is 11.1 Å². The van der Waals surface area contributed by atoms with Gasteiger partial charge in [-0.15, -0.1) is 0 Å². The van der Waals surface area contributed by atoms with E-state index in [0.29, 0.717) is 12.1 Å². The molecule has 0 atom stereocenters. The molecule has 0 unspecified atom stereocenters. The van der Waals surface area contributed by atoms with Crippen LogP contribution in [0.3, 0.4) is 0 Å². The zero-order chi connectivity index (χ0) is 10.7. The number of rotatable bonds is 4. The molecule has 1 aromatic carbocycles. The normalized spacial score (nSPS) is 14.6. The zero-order valence-electron chi connectivity index (χ0n) is 8.66. The summed E-state index contributed by atoms with van der Waals surface area (Å²) >= 11 is 0. The van der Waals surface area contributed by atoms with E-state index in [4.69, 9.17) is 11.0 Å². The number of nitrogens with zero attached hydrogens (tertiary/aromatic N) is 1. The van der Waals surface area contributed by atoms with E-state index in [0.717, 1.165) is 23.7 Å². The Bertz CT molecular complexity index is 388. The molecule has 1 aliphatic carbocycles. The molecule has 1 aliphatic rings. The van der Waals surface area contributed by atoms with Gasteiger partial charge >= 0.3 is 0 Å². The number of anilines is 2. The molecule has 0 spiro atoms. The highest BCUT2D eigenvalue weighted by Gasteiger charge is 2.20. The minimum Gasteiger partial charge on any atom is -0.398 e. The number of nitrogens with two attached hydrogens (primary N) is 1. The summed E-state index contributed by atoms with van der Waals surface area (Å²) in [6, 6.07) is 7.93. The van der Waals surface area contributed by atoms with Crippen molar-refractivity contribution >= 4 is 11.4 Å². The number of hydrogen-bond acceptors (Lipinski definition) is 3. The van der Waals surface area contributed by atoms with E-state index in [9.17, 15) is 0 Å². The molecule has 0 amide bonds. The van der Waals surface area contributed by atoms with E-state index in [1.807, 2.05) is 18.2 Å². The van der Waals surface area contributed by atoms with Gasteiger partial charge in [0.05, 0.1) is 12.5 Å². The first kappa shape index (κ1) is 9.85. The summed E-state index contributed by atoms with van der Waals surface area (Å²) < 4.78 is 0. The fraction of sp³-hybridized carbons (Fsp3) is 0.417. The van der Waals surface area contributed by atoms with Crippen molar-refractivity contribution in [2.24, 2.45) is 5.92 Å². The lowest BCUT2D eigenvalue weighted by atomic mass is 10.1. The van der Waals surface area contributed by atoms with Gasteiger partial charge in [-0.25, -0.2) is 0 Å². The van der Waals surface area contributed by atoms with Crippen molar-refractivity contribution < 1.29 is 0 Å². The molecular formula is C12H15N3. The van der Waals surface area contributed by atoms with Gasteiger partial charge in [0.25, 0.3) is 0 Å². The number of hydrogen-bond donors (Lipinski definition) is 2. The number of nitrogen functional groups attached to an aromatic ring is 1. The van der Waals surface area contributed by atoms with Gasteiger partial charge in [-0.3, -0.25) is 0 Å². The smallest absolute Gasteiger partial charge is 0.0670 e. The van der Waals surface area contributed by atoms with E-state index in [-0.39, 0.29) is 0 Å². The van der Waals surface area contributed by atoms with Crippen LogP contribution in [0.25, 0.3) is 0 Å². The van der Waals surface area contributed by atoms with Crippen molar-refractivity contribution in [1.29, 1.82) is 5.26 Å². The average Bonchev–Trinajstić information content (AvgIpc) is 3.03. The summed E-state index contributed by atoms with van der Waals surface area (Å²) in [5, 5.41) is 12.0. The van der Waals surface area contributed by atoms with Crippen LogP contribution in [0.4, 0.5) is 11.4 Å². The minimum atomic E-state index is 0.380. The molecule has 0 heterocycles. The lowest BCUT2D eigenvalue weighted by Gasteiger charge is -2.08. The maximum absolute atomic E-state index is 8.64. The molecule has 1 saturated carbocycles. The Hall–Kier alpha value is -1.69. The van der Waals surface area contributed by atoms with Crippen LogP contribution in [-0.2, 0) is 6.42 Å². The van der Waals surface area contributed by atoms with Gasteiger partial charge in [0, 0.05) is 17.9 Å². The van der Waals surface area contributed by atoms with Crippen LogP contribution in [0.5, 0.6) is 0 Å². The summed E-state index contributed by atoms with van der Waals surface area (Å²) in [7, 11) is 0. The molecule has 3 N–H and O–H groups in total. The molecule has 0 bridgehead atoms. The lowest BCUT2D eigenvalue weighted by Crippen LogP contribution is -2.04. The summed E-state index contributed by atoms with van der Waals surface area (Å²) in [5.74, 6) is 0.849. The quantitative estimate of drug-likeness (QED) is 0.734. The van der Waals surface area contributed by atoms with E-state index >= 15 is 0 Å². The van der Waals surface area contributed by atoms with Crippen LogP contribution in [0, 0.1) is 17.2 Å². The molecule has 1 fully saturated rings. The van der Waals surface area contributed by atoms with Gasteiger partial charge < -0.3 is 11.1 Å². The van der Waals surface area contributed by atoms with Crippen LogP contribution >= 0.6 is 0 Å². The van der Waals surface area contributed by atoms with Crippen molar-refractivity contribution in [3.63, 3.8) is 0 Å². The summed E-state index contributed by atoms with van der Waals surface area (Å²) in [6.45, 7) is 1.04. The first-order valence-corrected chi connectivity index (χ1v) is 5.29. The molecule has 0 saturated heterocycles. The summed E-state index contributed by atoms with van der Waals surface area (Å²) in [4.78, 5) is 0. The Morgan fingerprint density at radius 1 is 1.47 bits per heavy atom. The molecule has 2 rings (SSSR count). The molecule has 15 heavy (non-hydrogen) atoms. The Kier molecular flexibility index (Phi) is 2.77. The van der Waals surface area contributed by atoms with E-state index in [1.54, 1.807) is 0 Å². The largest absolute Gasteiger partial charge is 0.398 e. The van der Waals surface area contributed by atoms with Crippen molar-refractivity contribution in [3.05, 3.63) is 23.8 Å². The molecule has 78 valence electrons. The molecule has 3 heteroatoms. The molecular weight excluding hydrogens is 186 g/mol.